The molecule has 28 heavy (non-hydrogen) atoms. The van der Waals surface area contributed by atoms with Crippen molar-refractivity contribution in [2.75, 3.05) is 6.54 Å². The van der Waals surface area contributed by atoms with Gasteiger partial charge in [0.05, 0.1) is 17.7 Å². The van der Waals surface area contributed by atoms with Gasteiger partial charge in [0.15, 0.2) is 0 Å². The second kappa shape index (κ2) is 9.21. The van der Waals surface area contributed by atoms with Crippen LogP contribution in [0.25, 0.3) is 0 Å². The van der Waals surface area contributed by atoms with Crippen molar-refractivity contribution in [3.63, 3.8) is 0 Å². The lowest BCUT2D eigenvalue weighted by Gasteiger charge is -2.14. The van der Waals surface area contributed by atoms with Crippen LogP contribution in [0.15, 0.2) is 57.6 Å². The predicted octanol–water partition coefficient (Wildman–Crippen LogP) is 3.69. The van der Waals surface area contributed by atoms with Gasteiger partial charge in [0.2, 0.25) is 10.0 Å². The van der Waals surface area contributed by atoms with E-state index in [4.69, 9.17) is 4.42 Å². The molecular formula is C21H26N2O4S. The summed E-state index contributed by atoms with van der Waals surface area (Å²) in [4.78, 5) is 12.6. The number of benzene rings is 1. The smallest absolute Gasteiger partial charge is 0.251 e. The summed E-state index contributed by atoms with van der Waals surface area (Å²) in [5.74, 6) is 0.266. The fraction of sp³-hybridized carbons (Fsp3) is 0.381. The van der Waals surface area contributed by atoms with Crippen molar-refractivity contribution in [2.24, 2.45) is 0 Å². The Hall–Kier alpha value is -2.38. The fourth-order valence-electron chi connectivity index (χ4n) is 3.24. The molecule has 7 heteroatoms. The normalized spacial score (nSPS) is 14.5. The van der Waals surface area contributed by atoms with Gasteiger partial charge in [0.1, 0.15) is 5.76 Å². The molecule has 0 fully saturated rings. The van der Waals surface area contributed by atoms with Crippen molar-refractivity contribution in [1.82, 2.24) is 10.0 Å². The van der Waals surface area contributed by atoms with E-state index in [1.165, 1.54) is 36.8 Å². The third-order valence-electron chi connectivity index (χ3n) is 4.90. The Morgan fingerprint density at radius 2 is 2.07 bits per heavy atom. The Labute approximate surface area is 166 Å². The molecule has 0 saturated heterocycles. The van der Waals surface area contributed by atoms with Crippen LogP contribution in [0, 0.1) is 6.92 Å². The Morgan fingerprint density at radius 3 is 2.79 bits per heavy atom. The zero-order valence-electron chi connectivity index (χ0n) is 16.0. The number of furan rings is 1. The Balaban J connectivity index is 1.64. The summed E-state index contributed by atoms with van der Waals surface area (Å²) in [7, 11) is -3.75. The molecule has 0 radical (unpaired) electrons. The molecule has 0 saturated carbocycles. The number of carbonyl (C=O) groups excluding carboxylic acids is 1. The zero-order valence-corrected chi connectivity index (χ0v) is 16.8. The van der Waals surface area contributed by atoms with Crippen LogP contribution in [0.2, 0.25) is 0 Å². The standard InChI is InChI=1S/C21H26N2O4S/c1-16-9-10-19(28(25,26)23-15-18-8-5-13-27-18)14-20(16)21(24)22-12-11-17-6-3-2-4-7-17/h5-6,8-10,13-14,23H,2-4,7,11-12,15H2,1H3,(H,22,24). The molecule has 2 aromatic rings. The Kier molecular flexibility index (Phi) is 6.70. The van der Waals surface area contributed by atoms with Crippen molar-refractivity contribution in [1.29, 1.82) is 0 Å². The van der Waals surface area contributed by atoms with Crippen LogP contribution < -0.4 is 10.0 Å². The number of hydrogen-bond donors (Lipinski definition) is 2. The monoisotopic (exact) mass is 402 g/mol. The lowest BCUT2D eigenvalue weighted by atomic mass is 9.97. The van der Waals surface area contributed by atoms with Crippen LogP contribution in [0.4, 0.5) is 0 Å². The first-order chi connectivity index (χ1) is 13.5. The zero-order chi connectivity index (χ0) is 20.0. The van der Waals surface area contributed by atoms with Gasteiger partial charge in [-0.25, -0.2) is 13.1 Å². The first-order valence-corrected chi connectivity index (χ1v) is 11.0. The number of rotatable bonds is 8. The molecule has 0 atom stereocenters. The van der Waals surface area contributed by atoms with Gasteiger partial charge >= 0.3 is 0 Å². The van der Waals surface area contributed by atoms with E-state index in [-0.39, 0.29) is 17.3 Å². The molecule has 150 valence electrons. The van der Waals surface area contributed by atoms with Crippen molar-refractivity contribution in [2.45, 2.75) is 50.5 Å². The van der Waals surface area contributed by atoms with Crippen LogP contribution >= 0.6 is 0 Å². The molecular weight excluding hydrogens is 376 g/mol. The first-order valence-electron chi connectivity index (χ1n) is 9.54. The van der Waals surface area contributed by atoms with Crippen molar-refractivity contribution in [3.8, 4) is 0 Å². The SMILES string of the molecule is Cc1ccc(S(=O)(=O)NCc2ccco2)cc1C(=O)NCCC1=CCCCC1. The lowest BCUT2D eigenvalue weighted by Crippen LogP contribution is -2.27. The van der Waals surface area contributed by atoms with E-state index in [1.54, 1.807) is 25.1 Å². The van der Waals surface area contributed by atoms with Gasteiger partial charge in [0, 0.05) is 12.1 Å². The number of carbonyl (C=O) groups is 1. The summed E-state index contributed by atoms with van der Waals surface area (Å²) in [6, 6.07) is 7.97. The van der Waals surface area contributed by atoms with Gasteiger partial charge in [-0.05, 0) is 68.9 Å². The molecule has 0 spiro atoms. The summed E-state index contributed by atoms with van der Waals surface area (Å²) in [6.07, 6.45) is 9.26. The minimum atomic E-state index is -3.75. The quantitative estimate of drug-likeness (QED) is 0.659. The third-order valence-corrected chi connectivity index (χ3v) is 6.30. The number of amides is 1. The average molecular weight is 403 g/mol. The fourth-order valence-corrected chi connectivity index (χ4v) is 4.26. The predicted molar refractivity (Wildman–Crippen MR) is 107 cm³/mol. The minimum Gasteiger partial charge on any atom is -0.468 e. The van der Waals surface area contributed by atoms with Crippen LogP contribution in [0.5, 0.6) is 0 Å². The largest absolute Gasteiger partial charge is 0.468 e. The molecule has 0 unspecified atom stereocenters. The maximum atomic E-state index is 12.6. The number of sulfonamides is 1. The topological polar surface area (TPSA) is 88.4 Å². The highest BCUT2D eigenvalue weighted by molar-refractivity contribution is 7.89. The number of allylic oxidation sites excluding steroid dienone is 1. The molecule has 3 rings (SSSR count). The van der Waals surface area contributed by atoms with E-state index < -0.39 is 10.0 Å². The summed E-state index contributed by atoms with van der Waals surface area (Å²) in [5.41, 5.74) is 2.50. The van der Waals surface area contributed by atoms with Gasteiger partial charge in [0.25, 0.3) is 5.91 Å². The molecule has 1 aromatic heterocycles. The van der Waals surface area contributed by atoms with Crippen LogP contribution in [0.3, 0.4) is 0 Å². The highest BCUT2D eigenvalue weighted by Gasteiger charge is 2.18. The molecule has 1 aliphatic rings. The van der Waals surface area contributed by atoms with Crippen molar-refractivity contribution in [3.05, 3.63) is 65.1 Å². The second-order valence-electron chi connectivity index (χ2n) is 6.99. The number of aryl methyl sites for hydroxylation is 1. The summed E-state index contributed by atoms with van der Waals surface area (Å²) in [5, 5.41) is 2.91. The van der Waals surface area contributed by atoms with Gasteiger partial charge in [-0.15, -0.1) is 0 Å². The van der Waals surface area contributed by atoms with E-state index in [1.807, 2.05) is 0 Å². The maximum Gasteiger partial charge on any atom is 0.251 e. The van der Waals surface area contributed by atoms with Crippen LogP contribution in [0.1, 0.15) is 53.8 Å². The Bertz CT molecular complexity index is 947. The lowest BCUT2D eigenvalue weighted by molar-refractivity contribution is 0.0953. The number of hydrogen-bond acceptors (Lipinski definition) is 4. The van der Waals surface area contributed by atoms with Gasteiger partial charge in [-0.3, -0.25) is 4.79 Å². The summed E-state index contributed by atoms with van der Waals surface area (Å²) >= 11 is 0. The molecule has 0 bridgehead atoms. The highest BCUT2D eigenvalue weighted by atomic mass is 32.2. The molecule has 1 amide bonds. The molecule has 1 heterocycles. The molecule has 2 N–H and O–H groups in total. The first kappa shape index (κ1) is 20.4. The van der Waals surface area contributed by atoms with E-state index in [0.29, 0.717) is 17.9 Å². The van der Waals surface area contributed by atoms with E-state index in [0.717, 1.165) is 24.8 Å². The second-order valence-corrected chi connectivity index (χ2v) is 8.76. The highest BCUT2D eigenvalue weighted by Crippen LogP contribution is 2.20. The van der Waals surface area contributed by atoms with Crippen LogP contribution in [-0.4, -0.2) is 20.9 Å². The molecule has 6 nitrogen and oxygen atoms in total. The van der Waals surface area contributed by atoms with Crippen LogP contribution in [-0.2, 0) is 16.6 Å². The van der Waals surface area contributed by atoms with Crippen molar-refractivity contribution < 1.29 is 17.6 Å². The summed E-state index contributed by atoms with van der Waals surface area (Å²) in [6.45, 7) is 2.41. The van der Waals surface area contributed by atoms with Crippen molar-refractivity contribution >= 4 is 15.9 Å². The minimum absolute atomic E-state index is 0.0554. The van der Waals surface area contributed by atoms with Gasteiger partial charge in [-0.1, -0.05) is 17.7 Å². The van der Waals surface area contributed by atoms with E-state index in [9.17, 15) is 13.2 Å². The average Bonchev–Trinajstić information content (AvgIpc) is 3.21. The third kappa shape index (κ3) is 5.33. The number of nitrogens with one attached hydrogen (secondary N) is 2. The van der Waals surface area contributed by atoms with E-state index >= 15 is 0 Å². The van der Waals surface area contributed by atoms with Gasteiger partial charge < -0.3 is 9.73 Å². The molecule has 0 aliphatic heterocycles. The molecule has 1 aromatic carbocycles. The summed E-state index contributed by atoms with van der Waals surface area (Å²) < 4.78 is 32.7. The van der Waals surface area contributed by atoms with E-state index in [2.05, 4.69) is 16.1 Å². The molecule has 1 aliphatic carbocycles. The van der Waals surface area contributed by atoms with Gasteiger partial charge in [-0.2, -0.15) is 0 Å². The maximum absolute atomic E-state index is 12.6. The Morgan fingerprint density at radius 1 is 1.21 bits per heavy atom.